The van der Waals surface area contributed by atoms with E-state index < -0.39 is 0 Å². The molecule has 1 heterocycles. The number of ether oxygens (including phenoxy) is 1. The fourth-order valence-corrected chi connectivity index (χ4v) is 2.79. The van der Waals surface area contributed by atoms with Crippen LogP contribution in [0.1, 0.15) is 38.2 Å². The van der Waals surface area contributed by atoms with Crippen LogP contribution in [0.3, 0.4) is 0 Å². The van der Waals surface area contributed by atoms with E-state index in [9.17, 15) is 9.59 Å². The molecule has 0 aromatic heterocycles. The summed E-state index contributed by atoms with van der Waals surface area (Å²) >= 11 is 0. The van der Waals surface area contributed by atoms with Crippen LogP contribution in [-0.4, -0.2) is 36.5 Å². The van der Waals surface area contributed by atoms with Crippen molar-refractivity contribution in [3.8, 4) is 0 Å². The second-order valence-electron chi connectivity index (χ2n) is 5.51. The van der Waals surface area contributed by atoms with Crippen molar-refractivity contribution in [2.24, 2.45) is 5.92 Å². The van der Waals surface area contributed by atoms with Crippen LogP contribution >= 0.6 is 0 Å². The number of piperidine rings is 1. The molecular weight excluding hydrogens is 266 g/mol. The molecule has 4 heteroatoms. The number of benzene rings is 1. The Balaban J connectivity index is 2.00. The molecule has 1 amide bonds. The number of likely N-dealkylation sites (tertiary alicyclic amines) is 1. The molecule has 0 aliphatic carbocycles. The molecule has 2 rings (SSSR count). The Hall–Kier alpha value is -1.84. The van der Waals surface area contributed by atoms with E-state index in [0.29, 0.717) is 13.2 Å². The molecule has 4 nitrogen and oxygen atoms in total. The van der Waals surface area contributed by atoms with Crippen molar-refractivity contribution in [2.75, 3.05) is 19.7 Å². The summed E-state index contributed by atoms with van der Waals surface area (Å²) in [6.45, 7) is 5.33. The third-order valence-corrected chi connectivity index (χ3v) is 4.02. The average molecular weight is 289 g/mol. The third-order valence-electron chi connectivity index (χ3n) is 4.02. The molecule has 1 aromatic rings. The Labute approximate surface area is 126 Å². The van der Waals surface area contributed by atoms with Crippen molar-refractivity contribution in [1.82, 2.24) is 4.90 Å². The van der Waals surface area contributed by atoms with Crippen LogP contribution in [0.4, 0.5) is 0 Å². The zero-order valence-electron chi connectivity index (χ0n) is 12.7. The Morgan fingerprint density at radius 1 is 1.33 bits per heavy atom. The highest BCUT2D eigenvalue weighted by atomic mass is 16.5. The first-order chi connectivity index (χ1) is 10.1. The SMILES string of the molecule is CCOC(=O)[C@@H]1CCCN(C(=O)[C@@H](C)c2ccccc2)C1. The van der Waals surface area contributed by atoms with Gasteiger partial charge < -0.3 is 9.64 Å². The van der Waals surface area contributed by atoms with E-state index in [4.69, 9.17) is 4.74 Å². The number of rotatable bonds is 4. The summed E-state index contributed by atoms with van der Waals surface area (Å²) in [7, 11) is 0. The molecule has 21 heavy (non-hydrogen) atoms. The molecule has 1 aliphatic rings. The number of hydrogen-bond acceptors (Lipinski definition) is 3. The van der Waals surface area contributed by atoms with Crippen molar-refractivity contribution in [3.05, 3.63) is 35.9 Å². The van der Waals surface area contributed by atoms with Crippen molar-refractivity contribution in [3.63, 3.8) is 0 Å². The highest BCUT2D eigenvalue weighted by Crippen LogP contribution is 2.23. The minimum atomic E-state index is -0.178. The Morgan fingerprint density at radius 2 is 2.05 bits per heavy atom. The molecule has 1 saturated heterocycles. The molecular formula is C17H23NO3. The molecule has 0 radical (unpaired) electrons. The molecule has 1 aliphatic heterocycles. The van der Waals surface area contributed by atoms with Crippen LogP contribution in [0.15, 0.2) is 30.3 Å². The van der Waals surface area contributed by atoms with Gasteiger partial charge in [-0.3, -0.25) is 9.59 Å². The topological polar surface area (TPSA) is 46.6 Å². The van der Waals surface area contributed by atoms with Crippen molar-refractivity contribution in [1.29, 1.82) is 0 Å². The second kappa shape index (κ2) is 7.25. The van der Waals surface area contributed by atoms with Crippen LogP contribution in [0.5, 0.6) is 0 Å². The smallest absolute Gasteiger partial charge is 0.310 e. The van der Waals surface area contributed by atoms with Gasteiger partial charge in [0.25, 0.3) is 0 Å². The molecule has 2 atom stereocenters. The number of amides is 1. The second-order valence-corrected chi connectivity index (χ2v) is 5.51. The molecule has 114 valence electrons. The largest absolute Gasteiger partial charge is 0.466 e. The monoisotopic (exact) mass is 289 g/mol. The summed E-state index contributed by atoms with van der Waals surface area (Å²) in [6.07, 6.45) is 1.67. The fraction of sp³-hybridized carbons (Fsp3) is 0.529. The zero-order chi connectivity index (χ0) is 15.2. The summed E-state index contributed by atoms with van der Waals surface area (Å²) in [5, 5.41) is 0. The van der Waals surface area contributed by atoms with Gasteiger partial charge in [-0.05, 0) is 32.3 Å². The lowest BCUT2D eigenvalue weighted by atomic mass is 9.94. The fourth-order valence-electron chi connectivity index (χ4n) is 2.79. The standard InChI is InChI=1S/C17H23NO3/c1-3-21-17(20)15-10-7-11-18(12-15)16(19)13(2)14-8-5-4-6-9-14/h4-6,8-9,13,15H,3,7,10-12H2,1-2H3/t13-,15+/m0/s1. The number of carbonyl (C=O) groups is 2. The first-order valence-corrected chi connectivity index (χ1v) is 7.63. The number of nitrogens with zero attached hydrogens (tertiary/aromatic N) is 1. The van der Waals surface area contributed by atoms with E-state index in [1.807, 2.05) is 42.2 Å². The van der Waals surface area contributed by atoms with E-state index in [1.54, 1.807) is 6.92 Å². The average Bonchev–Trinajstić information content (AvgIpc) is 2.54. The van der Waals surface area contributed by atoms with E-state index in [1.165, 1.54) is 0 Å². The minimum absolute atomic E-state index is 0.0928. The zero-order valence-corrected chi connectivity index (χ0v) is 12.7. The van der Waals surface area contributed by atoms with Crippen molar-refractivity contribution >= 4 is 11.9 Å². The predicted octanol–water partition coefficient (Wildman–Crippen LogP) is 2.59. The van der Waals surface area contributed by atoms with E-state index >= 15 is 0 Å². The van der Waals surface area contributed by atoms with Crippen LogP contribution in [-0.2, 0) is 14.3 Å². The first-order valence-electron chi connectivity index (χ1n) is 7.63. The quantitative estimate of drug-likeness (QED) is 0.800. The van der Waals surface area contributed by atoms with Gasteiger partial charge in [0.05, 0.1) is 18.4 Å². The van der Waals surface area contributed by atoms with Gasteiger partial charge in [-0.25, -0.2) is 0 Å². The first kappa shape index (κ1) is 15.5. The molecule has 0 saturated carbocycles. The molecule has 1 fully saturated rings. The molecule has 1 aromatic carbocycles. The lowest BCUT2D eigenvalue weighted by Gasteiger charge is -2.33. The van der Waals surface area contributed by atoms with Gasteiger partial charge in [-0.15, -0.1) is 0 Å². The Bertz CT molecular complexity index is 486. The highest BCUT2D eigenvalue weighted by Gasteiger charge is 2.31. The highest BCUT2D eigenvalue weighted by molar-refractivity contribution is 5.84. The normalized spacial score (nSPS) is 19.9. The summed E-state index contributed by atoms with van der Waals surface area (Å²) in [4.78, 5) is 26.3. The van der Waals surface area contributed by atoms with Gasteiger partial charge in [0.2, 0.25) is 5.91 Å². The van der Waals surface area contributed by atoms with E-state index in [0.717, 1.165) is 24.9 Å². The summed E-state index contributed by atoms with van der Waals surface area (Å²) in [5.41, 5.74) is 1.01. The lowest BCUT2D eigenvalue weighted by molar-refractivity contribution is -0.151. The van der Waals surface area contributed by atoms with Crippen LogP contribution < -0.4 is 0 Å². The van der Waals surface area contributed by atoms with Gasteiger partial charge in [-0.2, -0.15) is 0 Å². The van der Waals surface area contributed by atoms with Gasteiger partial charge >= 0.3 is 5.97 Å². The lowest BCUT2D eigenvalue weighted by Crippen LogP contribution is -2.44. The summed E-state index contributed by atoms with van der Waals surface area (Å²) in [6, 6.07) is 9.76. The summed E-state index contributed by atoms with van der Waals surface area (Å²) < 4.78 is 5.08. The van der Waals surface area contributed by atoms with E-state index in [2.05, 4.69) is 0 Å². The number of carbonyl (C=O) groups excluding carboxylic acids is 2. The van der Waals surface area contributed by atoms with Crippen molar-refractivity contribution in [2.45, 2.75) is 32.6 Å². The van der Waals surface area contributed by atoms with Gasteiger partial charge in [-0.1, -0.05) is 30.3 Å². The minimum Gasteiger partial charge on any atom is -0.466 e. The molecule has 0 spiro atoms. The number of esters is 1. The van der Waals surface area contributed by atoms with Gasteiger partial charge in [0, 0.05) is 13.1 Å². The molecule has 0 N–H and O–H groups in total. The predicted molar refractivity (Wildman–Crippen MR) is 80.8 cm³/mol. The third kappa shape index (κ3) is 3.84. The maximum Gasteiger partial charge on any atom is 0.310 e. The van der Waals surface area contributed by atoms with Crippen LogP contribution in [0.2, 0.25) is 0 Å². The van der Waals surface area contributed by atoms with Crippen LogP contribution in [0, 0.1) is 5.92 Å². The maximum absolute atomic E-state index is 12.6. The summed E-state index contributed by atoms with van der Waals surface area (Å²) in [5.74, 6) is -0.435. The maximum atomic E-state index is 12.6. The van der Waals surface area contributed by atoms with E-state index in [-0.39, 0.29) is 23.7 Å². The number of hydrogen-bond donors (Lipinski definition) is 0. The molecule has 0 unspecified atom stereocenters. The van der Waals surface area contributed by atoms with Crippen molar-refractivity contribution < 1.29 is 14.3 Å². The van der Waals surface area contributed by atoms with Gasteiger partial charge in [0.1, 0.15) is 0 Å². The Kier molecular flexibility index (Phi) is 5.37. The van der Waals surface area contributed by atoms with Crippen LogP contribution in [0.25, 0.3) is 0 Å². The van der Waals surface area contributed by atoms with Gasteiger partial charge in [0.15, 0.2) is 0 Å². The molecule has 0 bridgehead atoms. The Morgan fingerprint density at radius 3 is 2.71 bits per heavy atom.